The van der Waals surface area contributed by atoms with Gasteiger partial charge in [-0.3, -0.25) is 9.59 Å². The molecule has 1 aromatic rings. The minimum Gasteiger partial charge on any atom is -0.496 e. The van der Waals surface area contributed by atoms with Crippen molar-refractivity contribution in [1.82, 2.24) is 0 Å². The van der Waals surface area contributed by atoms with E-state index in [0.29, 0.717) is 5.56 Å². The van der Waals surface area contributed by atoms with E-state index in [2.05, 4.69) is 4.74 Å². The fourth-order valence-corrected chi connectivity index (χ4v) is 1.85. The van der Waals surface area contributed by atoms with Crippen LogP contribution in [0.2, 0.25) is 0 Å². The molecule has 0 heterocycles. The molecule has 1 rings (SSSR count). The van der Waals surface area contributed by atoms with Crippen molar-refractivity contribution in [2.24, 2.45) is 0 Å². The Morgan fingerprint density at radius 3 is 2.05 bits per heavy atom. The van der Waals surface area contributed by atoms with Crippen LogP contribution in [0, 0.1) is 6.92 Å². The molecule has 0 saturated carbocycles. The first-order valence-corrected chi connectivity index (χ1v) is 5.82. The Balaban J connectivity index is 3.74. The Morgan fingerprint density at radius 2 is 1.65 bits per heavy atom. The van der Waals surface area contributed by atoms with Crippen molar-refractivity contribution in [3.63, 3.8) is 0 Å². The average molecular weight is 280 g/mol. The van der Waals surface area contributed by atoms with E-state index in [1.54, 1.807) is 6.92 Å². The normalized spacial score (nSPS) is 9.85. The molecule has 108 valence electrons. The van der Waals surface area contributed by atoms with Crippen LogP contribution in [0.25, 0.3) is 0 Å². The highest BCUT2D eigenvalue weighted by Gasteiger charge is 2.27. The van der Waals surface area contributed by atoms with E-state index in [0.717, 1.165) is 0 Å². The van der Waals surface area contributed by atoms with Gasteiger partial charge in [-0.25, -0.2) is 4.79 Å². The van der Waals surface area contributed by atoms with Gasteiger partial charge >= 0.3 is 11.9 Å². The maximum Gasteiger partial charge on any atom is 0.341 e. The lowest BCUT2D eigenvalue weighted by Gasteiger charge is -2.16. The van der Waals surface area contributed by atoms with Crippen molar-refractivity contribution < 1.29 is 28.6 Å². The van der Waals surface area contributed by atoms with Crippen LogP contribution in [-0.4, -0.2) is 31.9 Å². The summed E-state index contributed by atoms with van der Waals surface area (Å²) in [6.45, 7) is 4.10. The lowest BCUT2D eigenvalue weighted by atomic mass is 9.99. The van der Waals surface area contributed by atoms with Gasteiger partial charge in [0.05, 0.1) is 14.2 Å². The van der Waals surface area contributed by atoms with Crippen molar-refractivity contribution in [3.8, 4) is 11.5 Å². The maximum atomic E-state index is 11.8. The molecular weight excluding hydrogens is 264 g/mol. The van der Waals surface area contributed by atoms with Crippen LogP contribution in [0.4, 0.5) is 0 Å². The molecule has 20 heavy (non-hydrogen) atoms. The van der Waals surface area contributed by atoms with Crippen molar-refractivity contribution in [1.29, 1.82) is 0 Å². The van der Waals surface area contributed by atoms with Crippen LogP contribution >= 0.6 is 0 Å². The summed E-state index contributed by atoms with van der Waals surface area (Å²) in [5.74, 6) is -1.62. The quantitative estimate of drug-likeness (QED) is 0.476. The number of carbonyl (C=O) groups excluding carboxylic acids is 3. The van der Waals surface area contributed by atoms with E-state index < -0.39 is 11.9 Å². The first-order chi connectivity index (χ1) is 9.33. The van der Waals surface area contributed by atoms with Crippen molar-refractivity contribution in [2.45, 2.75) is 20.8 Å². The highest BCUT2D eigenvalue weighted by molar-refractivity contribution is 6.06. The van der Waals surface area contributed by atoms with Gasteiger partial charge in [-0.1, -0.05) is 0 Å². The molecule has 0 atom stereocenters. The molecule has 1 aromatic carbocycles. The summed E-state index contributed by atoms with van der Waals surface area (Å²) in [4.78, 5) is 34.9. The second-order valence-corrected chi connectivity index (χ2v) is 4.12. The molecule has 0 aliphatic rings. The van der Waals surface area contributed by atoms with E-state index >= 15 is 0 Å². The van der Waals surface area contributed by atoms with Gasteiger partial charge in [-0.05, 0) is 25.5 Å². The molecule has 0 bridgehead atoms. The fourth-order valence-electron chi connectivity index (χ4n) is 1.85. The smallest absolute Gasteiger partial charge is 0.341 e. The average Bonchev–Trinajstić information content (AvgIpc) is 2.36. The molecule has 0 spiro atoms. The molecule has 0 unspecified atom stereocenters. The lowest BCUT2D eigenvalue weighted by molar-refractivity contribution is -0.131. The third-order valence-electron chi connectivity index (χ3n) is 2.65. The molecule has 0 fully saturated rings. The van der Waals surface area contributed by atoms with Crippen molar-refractivity contribution in [3.05, 3.63) is 22.8 Å². The molecule has 0 aliphatic carbocycles. The lowest BCUT2D eigenvalue weighted by Crippen LogP contribution is -2.15. The SMILES string of the molecule is COC(=O)c1c(C)cc(OC)c(C(C)=O)c1OC(C)=O. The number of carbonyl (C=O) groups is 3. The summed E-state index contributed by atoms with van der Waals surface area (Å²) < 4.78 is 14.8. The molecule has 0 aromatic heterocycles. The molecule has 0 radical (unpaired) electrons. The minimum absolute atomic E-state index is 0.0358. The number of rotatable bonds is 4. The minimum atomic E-state index is -0.691. The van der Waals surface area contributed by atoms with Gasteiger partial charge in [0.1, 0.15) is 16.9 Å². The predicted molar refractivity (Wildman–Crippen MR) is 70.4 cm³/mol. The van der Waals surface area contributed by atoms with Crippen LogP contribution in [-0.2, 0) is 9.53 Å². The number of Topliss-reactive ketones (excluding diaryl/α,β-unsaturated/α-hetero) is 1. The van der Waals surface area contributed by atoms with E-state index in [4.69, 9.17) is 9.47 Å². The van der Waals surface area contributed by atoms with Crippen LogP contribution in [0.5, 0.6) is 11.5 Å². The molecule has 0 saturated heterocycles. The van der Waals surface area contributed by atoms with Gasteiger partial charge in [0.15, 0.2) is 11.5 Å². The van der Waals surface area contributed by atoms with Crippen molar-refractivity contribution in [2.75, 3.05) is 14.2 Å². The van der Waals surface area contributed by atoms with Gasteiger partial charge in [0, 0.05) is 6.92 Å². The molecule has 0 amide bonds. The fraction of sp³-hybridized carbons (Fsp3) is 0.357. The summed E-state index contributed by atoms with van der Waals surface area (Å²) in [6, 6.07) is 1.52. The Bertz CT molecular complexity index is 574. The van der Waals surface area contributed by atoms with Crippen LogP contribution in [0.3, 0.4) is 0 Å². The zero-order valence-corrected chi connectivity index (χ0v) is 12.0. The van der Waals surface area contributed by atoms with Crippen molar-refractivity contribution >= 4 is 17.7 Å². The third-order valence-corrected chi connectivity index (χ3v) is 2.65. The number of benzene rings is 1. The van der Waals surface area contributed by atoms with E-state index in [9.17, 15) is 14.4 Å². The number of hydrogen-bond donors (Lipinski definition) is 0. The standard InChI is InChI=1S/C14H16O6/c1-7-6-10(18-4)12(8(2)15)13(20-9(3)16)11(7)14(17)19-5/h6H,1-5H3. The Kier molecular flexibility index (Phi) is 4.85. The molecule has 0 N–H and O–H groups in total. The predicted octanol–water partition coefficient (Wildman–Crippen LogP) is 1.92. The number of esters is 2. The second kappa shape index (κ2) is 6.18. The number of hydrogen-bond acceptors (Lipinski definition) is 6. The van der Waals surface area contributed by atoms with Gasteiger partial charge in [0.25, 0.3) is 0 Å². The Morgan fingerprint density at radius 1 is 1.05 bits per heavy atom. The number of aryl methyl sites for hydroxylation is 1. The van der Waals surface area contributed by atoms with Crippen LogP contribution in [0.15, 0.2) is 6.07 Å². The zero-order chi connectivity index (χ0) is 15.4. The number of ketones is 1. The zero-order valence-electron chi connectivity index (χ0n) is 12.0. The third kappa shape index (κ3) is 2.96. The largest absolute Gasteiger partial charge is 0.496 e. The van der Waals surface area contributed by atoms with Gasteiger partial charge in [-0.15, -0.1) is 0 Å². The molecule has 6 heteroatoms. The monoisotopic (exact) mass is 280 g/mol. The summed E-state index contributed by atoms with van der Waals surface area (Å²) in [5, 5.41) is 0. The van der Waals surface area contributed by atoms with E-state index in [1.807, 2.05) is 0 Å². The first-order valence-electron chi connectivity index (χ1n) is 5.82. The molecule has 6 nitrogen and oxygen atoms in total. The maximum absolute atomic E-state index is 11.8. The molecular formula is C14H16O6. The number of ether oxygens (including phenoxy) is 3. The summed E-state index contributed by atoms with van der Waals surface area (Å²) >= 11 is 0. The van der Waals surface area contributed by atoms with Crippen LogP contribution in [0.1, 0.15) is 40.1 Å². The summed E-state index contributed by atoms with van der Waals surface area (Å²) in [7, 11) is 2.59. The van der Waals surface area contributed by atoms with E-state index in [1.165, 1.54) is 34.1 Å². The van der Waals surface area contributed by atoms with Gasteiger partial charge < -0.3 is 14.2 Å². The second-order valence-electron chi connectivity index (χ2n) is 4.12. The Hall–Kier alpha value is -2.37. The number of methoxy groups -OCH3 is 2. The topological polar surface area (TPSA) is 78.9 Å². The highest BCUT2D eigenvalue weighted by Crippen LogP contribution is 2.36. The highest BCUT2D eigenvalue weighted by atomic mass is 16.5. The summed E-state index contributed by atoms with van der Waals surface area (Å²) in [6.07, 6.45) is 0. The van der Waals surface area contributed by atoms with Gasteiger partial charge in [-0.2, -0.15) is 0 Å². The van der Waals surface area contributed by atoms with Gasteiger partial charge in [0.2, 0.25) is 0 Å². The van der Waals surface area contributed by atoms with E-state index in [-0.39, 0.29) is 28.4 Å². The Labute approximate surface area is 116 Å². The molecule has 0 aliphatic heterocycles. The first kappa shape index (κ1) is 15.7. The summed E-state index contributed by atoms with van der Waals surface area (Å²) in [5.41, 5.74) is 0.553. The van der Waals surface area contributed by atoms with Crippen LogP contribution < -0.4 is 9.47 Å².